The van der Waals surface area contributed by atoms with Gasteiger partial charge in [0.05, 0.1) is 0 Å². The molecule has 0 aliphatic rings. The van der Waals surface area contributed by atoms with Crippen LogP contribution in [0.1, 0.15) is 219 Å². The Hall–Kier alpha value is -2.31. The summed E-state index contributed by atoms with van der Waals surface area (Å²) in [4.78, 5) is 28.5. The molecule has 0 saturated heterocycles. The van der Waals surface area contributed by atoms with Crippen molar-refractivity contribution in [1.29, 1.82) is 0 Å². The highest BCUT2D eigenvalue weighted by atomic mass is 16.6. The highest BCUT2D eigenvalue weighted by Gasteiger charge is 2.09. The summed E-state index contributed by atoms with van der Waals surface area (Å²) in [5, 5.41) is 5.59. The number of carbonyl (C=O) groups is 2. The van der Waals surface area contributed by atoms with Gasteiger partial charge in [-0.1, -0.05) is 213 Å². The Kier molecular flexibility index (Phi) is 33.4. The number of rotatable bonds is 36. The molecule has 0 aromatic carbocycles. The van der Waals surface area contributed by atoms with Gasteiger partial charge >= 0.3 is 12.2 Å². The van der Waals surface area contributed by atoms with Gasteiger partial charge in [0.15, 0.2) is 0 Å². The van der Waals surface area contributed by atoms with Gasteiger partial charge in [-0.3, -0.25) is 0 Å². The number of nitrogens with one attached hydrogen (secondary N) is 2. The Morgan fingerprint density at radius 1 is 0.420 bits per heavy atom. The molecule has 0 aliphatic heterocycles. The number of amides is 2. The molecule has 2 amide bonds. The Bertz CT molecular complexity index is 829. The van der Waals surface area contributed by atoms with Gasteiger partial charge in [-0.05, 0) is 12.8 Å². The number of nitrogens with zero attached hydrogens (tertiary/aromatic N) is 1. The maximum absolute atomic E-state index is 12.2. The lowest BCUT2D eigenvalue weighted by molar-refractivity contribution is 0.194. The van der Waals surface area contributed by atoms with E-state index in [9.17, 15) is 9.59 Å². The van der Waals surface area contributed by atoms with E-state index in [1.165, 1.54) is 180 Å². The molecule has 1 heterocycles. The number of carbonyl (C=O) groups excluding carboxylic acids is 2. The molecule has 290 valence electrons. The van der Waals surface area contributed by atoms with Crippen molar-refractivity contribution in [3.8, 4) is 11.8 Å². The molecule has 50 heavy (non-hydrogen) atoms. The first kappa shape index (κ1) is 45.7. The lowest BCUT2D eigenvalue weighted by atomic mass is 10.0. The molecule has 0 fully saturated rings. The second-order valence-electron chi connectivity index (χ2n) is 14.6. The standard InChI is InChI=1S/C43H79N3O4/c1-3-5-7-9-11-13-15-17-19-21-23-25-27-29-31-33-38-44-42(47)49-40-36-35-37-41(46-40)50-43(48)45-39-34-32-30-28-26-24-22-20-18-16-14-12-10-8-6-4-2/h35-37H,3-34,38-39H2,1-2H3,(H,44,47)(H,45,48). The van der Waals surface area contributed by atoms with E-state index in [1.54, 1.807) is 18.2 Å². The maximum atomic E-state index is 12.2. The third-order valence-corrected chi connectivity index (χ3v) is 9.69. The number of hydrogen-bond donors (Lipinski definition) is 2. The van der Waals surface area contributed by atoms with Crippen LogP contribution in [0.25, 0.3) is 0 Å². The van der Waals surface area contributed by atoms with Crippen LogP contribution in [0.3, 0.4) is 0 Å². The fourth-order valence-corrected chi connectivity index (χ4v) is 6.50. The molecule has 1 aromatic rings. The third-order valence-electron chi connectivity index (χ3n) is 9.69. The van der Waals surface area contributed by atoms with Crippen LogP contribution in [-0.2, 0) is 0 Å². The van der Waals surface area contributed by atoms with Crippen molar-refractivity contribution in [3.63, 3.8) is 0 Å². The van der Waals surface area contributed by atoms with Gasteiger partial charge in [-0.25, -0.2) is 9.59 Å². The van der Waals surface area contributed by atoms with Gasteiger partial charge in [0, 0.05) is 25.2 Å². The topological polar surface area (TPSA) is 89.5 Å². The van der Waals surface area contributed by atoms with Crippen LogP contribution >= 0.6 is 0 Å². The third kappa shape index (κ3) is 31.7. The number of unbranched alkanes of at least 4 members (excludes halogenated alkanes) is 30. The molecule has 0 spiro atoms. The minimum atomic E-state index is -0.538. The van der Waals surface area contributed by atoms with E-state index in [0.29, 0.717) is 13.1 Å². The summed E-state index contributed by atoms with van der Waals surface area (Å²) in [6.45, 7) is 5.71. The highest BCUT2D eigenvalue weighted by molar-refractivity contribution is 5.70. The summed E-state index contributed by atoms with van der Waals surface area (Å²) in [6.07, 6.45) is 41.2. The average Bonchev–Trinajstić information content (AvgIpc) is 3.11. The molecular formula is C43H79N3O4. The van der Waals surface area contributed by atoms with Crippen LogP contribution in [0.4, 0.5) is 9.59 Å². The SMILES string of the molecule is CCCCCCCCCCCCCCCCCCNC(=O)Oc1cccc(OC(=O)NCCCCCCCCCCCCCCCCCC)n1. The first-order valence-electron chi connectivity index (χ1n) is 21.5. The molecule has 0 unspecified atom stereocenters. The van der Waals surface area contributed by atoms with Crippen LogP contribution in [0.2, 0.25) is 0 Å². The van der Waals surface area contributed by atoms with Crippen LogP contribution < -0.4 is 20.1 Å². The Morgan fingerprint density at radius 2 is 0.660 bits per heavy atom. The van der Waals surface area contributed by atoms with Crippen molar-refractivity contribution in [3.05, 3.63) is 18.2 Å². The summed E-state index contributed by atoms with van der Waals surface area (Å²) in [5.74, 6) is 0.218. The zero-order valence-electron chi connectivity index (χ0n) is 32.9. The predicted octanol–water partition coefficient (Wildman–Crippen LogP) is 13.8. The lowest BCUT2D eigenvalue weighted by Gasteiger charge is -2.08. The summed E-state index contributed by atoms with van der Waals surface area (Å²) in [6, 6.07) is 4.81. The van der Waals surface area contributed by atoms with Crippen molar-refractivity contribution < 1.29 is 19.1 Å². The molecule has 0 atom stereocenters. The average molecular weight is 702 g/mol. The minimum Gasteiger partial charge on any atom is -0.391 e. The normalized spacial score (nSPS) is 11.1. The molecule has 7 heteroatoms. The van der Waals surface area contributed by atoms with Gasteiger partial charge in [-0.15, -0.1) is 0 Å². The fraction of sp³-hybridized carbons (Fsp3) is 0.837. The van der Waals surface area contributed by atoms with Crippen molar-refractivity contribution in [2.75, 3.05) is 13.1 Å². The van der Waals surface area contributed by atoms with Gasteiger partial charge in [-0.2, -0.15) is 4.98 Å². The number of aromatic nitrogens is 1. The summed E-state index contributed by atoms with van der Waals surface area (Å²) in [5.41, 5.74) is 0. The smallest absolute Gasteiger partial charge is 0.391 e. The molecule has 0 bridgehead atoms. The predicted molar refractivity (Wildman–Crippen MR) is 211 cm³/mol. The molecule has 0 radical (unpaired) electrons. The Morgan fingerprint density at radius 3 is 0.920 bits per heavy atom. The molecular weight excluding hydrogens is 622 g/mol. The van der Waals surface area contributed by atoms with E-state index in [1.807, 2.05) is 0 Å². The summed E-state index contributed by atoms with van der Waals surface area (Å²) in [7, 11) is 0. The molecule has 1 rings (SSSR count). The van der Waals surface area contributed by atoms with Crippen molar-refractivity contribution in [2.45, 2.75) is 219 Å². The number of hydrogen-bond acceptors (Lipinski definition) is 5. The zero-order chi connectivity index (χ0) is 36.0. The van der Waals surface area contributed by atoms with Gasteiger partial charge in [0.1, 0.15) is 0 Å². The van der Waals surface area contributed by atoms with Crippen LogP contribution in [-0.4, -0.2) is 30.3 Å². The van der Waals surface area contributed by atoms with E-state index >= 15 is 0 Å². The first-order valence-corrected chi connectivity index (χ1v) is 21.5. The summed E-state index contributed by atoms with van der Waals surface area (Å²) < 4.78 is 10.6. The van der Waals surface area contributed by atoms with E-state index in [-0.39, 0.29) is 11.8 Å². The van der Waals surface area contributed by atoms with Crippen LogP contribution in [0.5, 0.6) is 11.8 Å². The van der Waals surface area contributed by atoms with Crippen molar-refractivity contribution >= 4 is 12.2 Å². The molecule has 0 saturated carbocycles. The van der Waals surface area contributed by atoms with E-state index in [2.05, 4.69) is 29.5 Å². The van der Waals surface area contributed by atoms with Gasteiger partial charge in [0.2, 0.25) is 11.8 Å². The Balaban J connectivity index is 1.93. The van der Waals surface area contributed by atoms with Gasteiger partial charge < -0.3 is 20.1 Å². The van der Waals surface area contributed by atoms with Crippen LogP contribution in [0, 0.1) is 0 Å². The highest BCUT2D eigenvalue weighted by Crippen LogP contribution is 2.16. The molecule has 0 aliphatic carbocycles. The maximum Gasteiger partial charge on any atom is 0.413 e. The molecule has 2 N–H and O–H groups in total. The fourth-order valence-electron chi connectivity index (χ4n) is 6.50. The van der Waals surface area contributed by atoms with E-state index in [0.717, 1.165) is 25.7 Å². The second kappa shape index (κ2) is 36.5. The number of pyridine rings is 1. The van der Waals surface area contributed by atoms with Crippen molar-refractivity contribution in [2.24, 2.45) is 0 Å². The van der Waals surface area contributed by atoms with Crippen LogP contribution in [0.15, 0.2) is 18.2 Å². The van der Waals surface area contributed by atoms with E-state index in [4.69, 9.17) is 9.47 Å². The Labute approximate surface area is 308 Å². The second-order valence-corrected chi connectivity index (χ2v) is 14.6. The lowest BCUT2D eigenvalue weighted by Crippen LogP contribution is -2.29. The number of ether oxygens (including phenoxy) is 2. The quantitative estimate of drug-likeness (QED) is 0.0680. The minimum absolute atomic E-state index is 0.109. The summed E-state index contributed by atoms with van der Waals surface area (Å²) >= 11 is 0. The molecule has 7 nitrogen and oxygen atoms in total. The monoisotopic (exact) mass is 702 g/mol. The first-order chi connectivity index (χ1) is 24.7. The van der Waals surface area contributed by atoms with Crippen molar-refractivity contribution in [1.82, 2.24) is 15.6 Å². The van der Waals surface area contributed by atoms with E-state index < -0.39 is 12.2 Å². The largest absolute Gasteiger partial charge is 0.413 e. The van der Waals surface area contributed by atoms with Gasteiger partial charge in [0.25, 0.3) is 0 Å². The zero-order valence-corrected chi connectivity index (χ0v) is 32.9. The molecule has 1 aromatic heterocycles.